The molecule has 108 valence electrons. The van der Waals surface area contributed by atoms with Gasteiger partial charge in [-0.15, -0.1) is 0 Å². The Morgan fingerprint density at radius 3 is 2.85 bits per heavy atom. The average molecular weight is 274 g/mol. The second kappa shape index (κ2) is 5.36. The predicted molar refractivity (Wildman–Crippen MR) is 79.5 cm³/mol. The Bertz CT molecular complexity index is 601. The van der Waals surface area contributed by atoms with Crippen LogP contribution in [0.5, 0.6) is 0 Å². The lowest BCUT2D eigenvalue weighted by atomic mass is 10.3. The van der Waals surface area contributed by atoms with Crippen LogP contribution in [0.2, 0.25) is 0 Å². The molecule has 0 aliphatic heterocycles. The number of rotatable bonds is 6. The Kier molecular flexibility index (Phi) is 3.56. The average Bonchev–Trinajstić information content (AvgIpc) is 3.20. The number of aryl methyl sites for hydroxylation is 1. The summed E-state index contributed by atoms with van der Waals surface area (Å²) in [5.41, 5.74) is 0.891. The van der Waals surface area contributed by atoms with Crippen LogP contribution in [-0.2, 0) is 13.6 Å². The van der Waals surface area contributed by atoms with Crippen molar-refractivity contribution in [1.29, 1.82) is 0 Å². The molecule has 0 saturated heterocycles. The number of anilines is 1. The van der Waals surface area contributed by atoms with E-state index in [-0.39, 0.29) is 0 Å². The van der Waals surface area contributed by atoms with Crippen LogP contribution in [0.1, 0.15) is 25.6 Å². The Morgan fingerprint density at radius 2 is 2.20 bits per heavy atom. The maximum absolute atomic E-state index is 4.67. The molecule has 2 aromatic rings. The van der Waals surface area contributed by atoms with E-state index in [0.717, 1.165) is 48.2 Å². The maximum atomic E-state index is 4.67. The third kappa shape index (κ3) is 2.60. The molecule has 1 N–H and O–H groups in total. The predicted octanol–water partition coefficient (Wildman–Crippen LogP) is 1.64. The molecule has 1 aliphatic carbocycles. The van der Waals surface area contributed by atoms with Gasteiger partial charge in [0.1, 0.15) is 11.6 Å². The Morgan fingerprint density at radius 1 is 1.40 bits per heavy atom. The molecule has 0 aromatic carbocycles. The number of hydrogen-bond donors (Lipinski definition) is 1. The first-order chi connectivity index (χ1) is 9.71. The van der Waals surface area contributed by atoms with Gasteiger partial charge in [0.25, 0.3) is 0 Å². The first-order valence-corrected chi connectivity index (χ1v) is 7.30. The zero-order chi connectivity index (χ0) is 14.1. The molecule has 1 saturated carbocycles. The van der Waals surface area contributed by atoms with Crippen molar-refractivity contribution in [2.24, 2.45) is 13.0 Å². The van der Waals surface area contributed by atoms with E-state index in [1.54, 1.807) is 4.68 Å². The lowest BCUT2D eigenvalue weighted by Gasteiger charge is -2.19. The molecule has 6 heteroatoms. The fourth-order valence-corrected chi connectivity index (χ4v) is 2.50. The van der Waals surface area contributed by atoms with Gasteiger partial charge >= 0.3 is 0 Å². The molecule has 2 aromatic heterocycles. The molecule has 0 radical (unpaired) electrons. The number of nitrogens with one attached hydrogen (secondary N) is 1. The van der Waals surface area contributed by atoms with E-state index in [4.69, 9.17) is 0 Å². The van der Waals surface area contributed by atoms with E-state index >= 15 is 0 Å². The Labute approximate surface area is 119 Å². The van der Waals surface area contributed by atoms with Crippen LogP contribution < -0.4 is 5.32 Å². The highest BCUT2D eigenvalue weighted by Crippen LogP contribution is 2.30. The van der Waals surface area contributed by atoms with Crippen molar-refractivity contribution in [3.05, 3.63) is 12.0 Å². The van der Waals surface area contributed by atoms with Gasteiger partial charge in [-0.05, 0) is 25.3 Å². The first kappa shape index (κ1) is 13.3. The van der Waals surface area contributed by atoms with Crippen molar-refractivity contribution in [2.45, 2.75) is 26.3 Å². The second-order valence-corrected chi connectivity index (χ2v) is 5.52. The van der Waals surface area contributed by atoms with Crippen LogP contribution in [0.25, 0.3) is 11.0 Å². The van der Waals surface area contributed by atoms with Gasteiger partial charge in [0.15, 0.2) is 5.65 Å². The zero-order valence-electron chi connectivity index (χ0n) is 12.4. The fraction of sp³-hybridized carbons (Fsp3) is 0.643. The van der Waals surface area contributed by atoms with Gasteiger partial charge in [-0.1, -0.05) is 6.92 Å². The number of hydrogen-bond acceptors (Lipinski definition) is 5. The van der Waals surface area contributed by atoms with Crippen LogP contribution in [-0.4, -0.2) is 44.8 Å². The summed E-state index contributed by atoms with van der Waals surface area (Å²) in [6.45, 7) is 5.21. The normalized spacial score (nSPS) is 15.2. The SMILES string of the molecule is CCN(Cc1nc(NC)c2cnn(C)c2n1)CC1CC1. The molecule has 0 atom stereocenters. The van der Waals surface area contributed by atoms with Crippen LogP contribution in [0.3, 0.4) is 0 Å². The first-order valence-electron chi connectivity index (χ1n) is 7.30. The topological polar surface area (TPSA) is 58.9 Å². The van der Waals surface area contributed by atoms with Crippen molar-refractivity contribution >= 4 is 16.9 Å². The van der Waals surface area contributed by atoms with Crippen molar-refractivity contribution < 1.29 is 0 Å². The summed E-state index contributed by atoms with van der Waals surface area (Å²) in [7, 11) is 3.81. The summed E-state index contributed by atoms with van der Waals surface area (Å²) in [4.78, 5) is 11.7. The van der Waals surface area contributed by atoms with E-state index in [0.29, 0.717) is 0 Å². The minimum atomic E-state index is 0.808. The zero-order valence-corrected chi connectivity index (χ0v) is 12.4. The van der Waals surface area contributed by atoms with E-state index in [9.17, 15) is 0 Å². The van der Waals surface area contributed by atoms with Crippen LogP contribution in [0.4, 0.5) is 5.82 Å². The van der Waals surface area contributed by atoms with Crippen molar-refractivity contribution in [3.8, 4) is 0 Å². The quantitative estimate of drug-likeness (QED) is 0.867. The summed E-state index contributed by atoms with van der Waals surface area (Å²) < 4.78 is 1.80. The molecule has 20 heavy (non-hydrogen) atoms. The highest BCUT2D eigenvalue weighted by atomic mass is 15.3. The van der Waals surface area contributed by atoms with Crippen molar-refractivity contribution in [2.75, 3.05) is 25.5 Å². The Balaban J connectivity index is 1.87. The number of nitrogens with zero attached hydrogens (tertiary/aromatic N) is 5. The Hall–Kier alpha value is -1.69. The molecule has 3 rings (SSSR count). The monoisotopic (exact) mass is 274 g/mol. The lowest BCUT2D eigenvalue weighted by Crippen LogP contribution is -2.26. The van der Waals surface area contributed by atoms with Crippen molar-refractivity contribution in [1.82, 2.24) is 24.6 Å². The third-order valence-corrected chi connectivity index (χ3v) is 3.90. The third-order valence-electron chi connectivity index (χ3n) is 3.90. The van der Waals surface area contributed by atoms with Gasteiger partial charge in [-0.25, -0.2) is 9.97 Å². The summed E-state index contributed by atoms with van der Waals surface area (Å²) in [6, 6.07) is 0. The summed E-state index contributed by atoms with van der Waals surface area (Å²) in [6.07, 6.45) is 4.56. The van der Waals surface area contributed by atoms with Crippen LogP contribution in [0, 0.1) is 5.92 Å². The highest BCUT2D eigenvalue weighted by molar-refractivity contribution is 5.86. The standard InChI is InChI=1S/C14H22N6/c1-4-20(8-10-5-6-10)9-12-17-13(15-2)11-7-16-19(3)14(11)18-12/h7,10H,4-6,8-9H2,1-3H3,(H,15,17,18). The number of fused-ring (bicyclic) bond motifs is 1. The van der Waals surface area contributed by atoms with Crippen LogP contribution in [0.15, 0.2) is 6.20 Å². The molecular formula is C14H22N6. The van der Waals surface area contributed by atoms with Gasteiger partial charge in [-0.3, -0.25) is 9.58 Å². The maximum Gasteiger partial charge on any atom is 0.163 e. The largest absolute Gasteiger partial charge is 0.372 e. The van der Waals surface area contributed by atoms with Gasteiger partial charge < -0.3 is 5.32 Å². The molecule has 1 aliphatic rings. The minimum absolute atomic E-state index is 0.808. The smallest absolute Gasteiger partial charge is 0.163 e. The molecule has 0 amide bonds. The van der Waals surface area contributed by atoms with Crippen molar-refractivity contribution in [3.63, 3.8) is 0 Å². The molecule has 0 spiro atoms. The second-order valence-electron chi connectivity index (χ2n) is 5.52. The van der Waals surface area contributed by atoms with E-state index in [1.807, 2.05) is 20.3 Å². The molecular weight excluding hydrogens is 252 g/mol. The van der Waals surface area contributed by atoms with E-state index < -0.39 is 0 Å². The van der Waals surface area contributed by atoms with E-state index in [2.05, 4.69) is 32.2 Å². The minimum Gasteiger partial charge on any atom is -0.372 e. The summed E-state index contributed by atoms with van der Waals surface area (Å²) in [5.74, 6) is 2.62. The lowest BCUT2D eigenvalue weighted by molar-refractivity contribution is 0.262. The van der Waals surface area contributed by atoms with Gasteiger partial charge in [0.05, 0.1) is 18.1 Å². The van der Waals surface area contributed by atoms with E-state index in [1.165, 1.54) is 12.8 Å². The highest BCUT2D eigenvalue weighted by Gasteiger charge is 2.24. The molecule has 2 heterocycles. The summed E-state index contributed by atoms with van der Waals surface area (Å²) >= 11 is 0. The number of aromatic nitrogens is 4. The summed E-state index contributed by atoms with van der Waals surface area (Å²) in [5, 5.41) is 8.38. The van der Waals surface area contributed by atoms with Gasteiger partial charge in [0, 0.05) is 20.6 Å². The molecule has 0 unspecified atom stereocenters. The fourth-order valence-electron chi connectivity index (χ4n) is 2.50. The molecule has 1 fully saturated rings. The molecule has 0 bridgehead atoms. The van der Waals surface area contributed by atoms with Gasteiger partial charge in [-0.2, -0.15) is 5.10 Å². The van der Waals surface area contributed by atoms with Crippen LogP contribution >= 0.6 is 0 Å². The molecule has 6 nitrogen and oxygen atoms in total. The van der Waals surface area contributed by atoms with Gasteiger partial charge in [0.2, 0.25) is 0 Å².